The fraction of sp³-hybridized carbons (Fsp3) is 0.474. The minimum absolute atomic E-state index is 0.139. The Balaban J connectivity index is 1.81. The Bertz CT molecular complexity index is 819. The lowest BCUT2D eigenvalue weighted by Gasteiger charge is -2.28. The maximum absolute atomic E-state index is 12.5. The van der Waals surface area contributed by atoms with Gasteiger partial charge in [-0.25, -0.2) is 4.98 Å². The fourth-order valence-electron chi connectivity index (χ4n) is 3.09. The number of morpholine rings is 1. The molecule has 26 heavy (non-hydrogen) atoms. The molecule has 3 rings (SSSR count). The Hall–Kier alpha value is -1.96. The maximum atomic E-state index is 12.5. The zero-order chi connectivity index (χ0) is 18.8. The highest BCUT2D eigenvalue weighted by Crippen LogP contribution is 2.35. The van der Waals surface area contributed by atoms with Crippen molar-refractivity contribution in [2.45, 2.75) is 26.9 Å². The third kappa shape index (κ3) is 3.90. The van der Waals surface area contributed by atoms with Crippen LogP contribution in [0.25, 0.3) is 11.3 Å². The summed E-state index contributed by atoms with van der Waals surface area (Å²) in [6, 6.07) is 4.11. The van der Waals surface area contributed by atoms with E-state index in [4.69, 9.17) is 9.47 Å². The van der Waals surface area contributed by atoms with E-state index in [1.165, 1.54) is 11.3 Å². The molecule has 2 aromatic rings. The summed E-state index contributed by atoms with van der Waals surface area (Å²) in [4.78, 5) is 20.3. The van der Waals surface area contributed by atoms with Crippen LogP contribution in [0.3, 0.4) is 0 Å². The summed E-state index contributed by atoms with van der Waals surface area (Å²) in [7, 11) is 3.66. The molecule has 1 N–H and O–H groups in total. The normalized spacial score (nSPS) is 18.0. The summed E-state index contributed by atoms with van der Waals surface area (Å²) < 4.78 is 11.0. The molecule has 1 fully saturated rings. The molecule has 0 saturated carbocycles. The molecule has 2 heterocycles. The van der Waals surface area contributed by atoms with Gasteiger partial charge in [0.15, 0.2) is 5.13 Å². The first-order valence-corrected chi connectivity index (χ1v) is 9.44. The van der Waals surface area contributed by atoms with Crippen LogP contribution in [-0.2, 0) is 9.53 Å². The third-order valence-corrected chi connectivity index (χ3v) is 5.47. The topological polar surface area (TPSA) is 63.7 Å². The summed E-state index contributed by atoms with van der Waals surface area (Å²) in [6.45, 7) is 8.09. The fourth-order valence-corrected chi connectivity index (χ4v) is 3.92. The van der Waals surface area contributed by atoms with Crippen molar-refractivity contribution < 1.29 is 14.3 Å². The molecule has 1 atom stereocenters. The number of nitrogens with one attached hydrogen (secondary N) is 1. The Morgan fingerprint density at radius 1 is 1.35 bits per heavy atom. The van der Waals surface area contributed by atoms with Crippen LogP contribution in [0.4, 0.5) is 5.13 Å². The zero-order valence-electron chi connectivity index (χ0n) is 15.9. The number of thiazole rings is 1. The Morgan fingerprint density at radius 3 is 2.81 bits per heavy atom. The summed E-state index contributed by atoms with van der Waals surface area (Å²) in [6.07, 6.45) is -0.452. The van der Waals surface area contributed by atoms with Crippen molar-refractivity contribution >= 4 is 22.4 Å². The Morgan fingerprint density at radius 2 is 2.12 bits per heavy atom. The highest BCUT2D eigenvalue weighted by molar-refractivity contribution is 7.16. The highest BCUT2D eigenvalue weighted by Gasteiger charge is 2.26. The number of ether oxygens (including phenoxy) is 2. The zero-order valence-corrected chi connectivity index (χ0v) is 16.7. The predicted molar refractivity (Wildman–Crippen MR) is 104 cm³/mol. The summed E-state index contributed by atoms with van der Waals surface area (Å²) in [5, 5.41) is 3.52. The van der Waals surface area contributed by atoms with Gasteiger partial charge in [0.2, 0.25) is 0 Å². The van der Waals surface area contributed by atoms with E-state index in [-0.39, 0.29) is 5.91 Å². The summed E-state index contributed by atoms with van der Waals surface area (Å²) >= 11 is 1.48. The lowest BCUT2D eigenvalue weighted by molar-refractivity contribution is -0.132. The highest BCUT2D eigenvalue weighted by atomic mass is 32.1. The molecule has 0 radical (unpaired) electrons. The quantitative estimate of drug-likeness (QED) is 0.890. The van der Waals surface area contributed by atoms with Crippen molar-refractivity contribution in [3.63, 3.8) is 0 Å². The number of aryl methyl sites for hydroxylation is 3. The van der Waals surface area contributed by atoms with E-state index in [1.54, 1.807) is 7.11 Å². The van der Waals surface area contributed by atoms with E-state index in [9.17, 15) is 4.79 Å². The van der Waals surface area contributed by atoms with Crippen LogP contribution in [0.15, 0.2) is 12.1 Å². The van der Waals surface area contributed by atoms with Crippen LogP contribution in [0.2, 0.25) is 0 Å². The van der Waals surface area contributed by atoms with Crippen molar-refractivity contribution in [3.8, 4) is 17.0 Å². The van der Waals surface area contributed by atoms with Gasteiger partial charge in [-0.15, -0.1) is 11.3 Å². The second-order valence-corrected chi connectivity index (χ2v) is 7.87. The van der Waals surface area contributed by atoms with Gasteiger partial charge in [-0.1, -0.05) is 0 Å². The number of carbonyl (C=O) groups is 1. The standard InChI is InChI=1S/C19H25N3O3S/c1-11-9-15(24-5)12(2)8-14(11)17-13(3)26-19(20-17)21-18(23)16-10-22(4)6-7-25-16/h8-9,16H,6-7,10H2,1-5H3,(H,20,21,23). The van der Waals surface area contributed by atoms with Crippen LogP contribution in [0.1, 0.15) is 16.0 Å². The molecular weight excluding hydrogens is 350 g/mol. The van der Waals surface area contributed by atoms with Crippen LogP contribution >= 0.6 is 11.3 Å². The summed E-state index contributed by atoms with van der Waals surface area (Å²) in [5.74, 6) is 0.728. The van der Waals surface area contributed by atoms with Crippen molar-refractivity contribution in [1.29, 1.82) is 0 Å². The molecule has 0 aliphatic carbocycles. The van der Waals surface area contributed by atoms with Crippen LogP contribution < -0.4 is 10.1 Å². The number of methoxy groups -OCH3 is 1. The number of hydrogen-bond acceptors (Lipinski definition) is 6. The number of amides is 1. The molecule has 1 amide bonds. The molecule has 140 valence electrons. The molecular formula is C19H25N3O3S. The van der Waals surface area contributed by atoms with Gasteiger partial charge in [0, 0.05) is 23.5 Å². The molecule has 7 heteroatoms. The van der Waals surface area contributed by atoms with Crippen molar-refractivity contribution in [3.05, 3.63) is 28.1 Å². The average molecular weight is 375 g/mol. The molecule has 1 aromatic carbocycles. The number of carbonyl (C=O) groups excluding carboxylic acids is 1. The molecule has 1 aliphatic heterocycles. The monoisotopic (exact) mass is 375 g/mol. The average Bonchev–Trinajstić information content (AvgIpc) is 2.96. The third-order valence-electron chi connectivity index (χ3n) is 4.59. The number of nitrogens with zero attached hydrogens (tertiary/aromatic N) is 2. The van der Waals surface area contributed by atoms with Gasteiger partial charge in [-0.3, -0.25) is 10.1 Å². The van der Waals surface area contributed by atoms with Gasteiger partial charge < -0.3 is 14.4 Å². The number of anilines is 1. The Labute approximate surface area is 158 Å². The van der Waals surface area contributed by atoms with Gasteiger partial charge in [-0.05, 0) is 51.1 Å². The van der Waals surface area contributed by atoms with Gasteiger partial charge >= 0.3 is 0 Å². The lowest BCUT2D eigenvalue weighted by atomic mass is 10.0. The van der Waals surface area contributed by atoms with Crippen molar-refractivity contribution in [2.75, 3.05) is 39.2 Å². The molecule has 1 saturated heterocycles. The maximum Gasteiger partial charge on any atom is 0.256 e. The van der Waals surface area contributed by atoms with E-state index in [0.29, 0.717) is 18.3 Å². The van der Waals surface area contributed by atoms with E-state index < -0.39 is 6.10 Å². The first-order valence-electron chi connectivity index (χ1n) is 8.63. The van der Waals surface area contributed by atoms with E-state index in [1.807, 2.05) is 33.9 Å². The number of benzene rings is 1. The molecule has 1 aromatic heterocycles. The first-order chi connectivity index (χ1) is 12.4. The van der Waals surface area contributed by atoms with Crippen LogP contribution in [0, 0.1) is 20.8 Å². The smallest absolute Gasteiger partial charge is 0.256 e. The van der Waals surface area contributed by atoms with Crippen LogP contribution in [-0.4, -0.2) is 55.7 Å². The van der Waals surface area contributed by atoms with Gasteiger partial charge in [0.1, 0.15) is 11.9 Å². The molecule has 0 spiro atoms. The van der Waals surface area contributed by atoms with Gasteiger partial charge in [0.25, 0.3) is 5.91 Å². The predicted octanol–water partition coefficient (Wildman–Crippen LogP) is 3.01. The molecule has 6 nitrogen and oxygen atoms in total. The van der Waals surface area contributed by atoms with E-state index >= 15 is 0 Å². The Kier molecular flexibility index (Phi) is 5.60. The minimum atomic E-state index is -0.452. The second-order valence-electron chi connectivity index (χ2n) is 6.67. The van der Waals surface area contributed by atoms with E-state index in [2.05, 4.69) is 21.3 Å². The van der Waals surface area contributed by atoms with Gasteiger partial charge in [0.05, 0.1) is 19.4 Å². The molecule has 1 aliphatic rings. The second kappa shape index (κ2) is 7.73. The van der Waals surface area contributed by atoms with E-state index in [0.717, 1.165) is 39.6 Å². The van der Waals surface area contributed by atoms with Crippen molar-refractivity contribution in [1.82, 2.24) is 9.88 Å². The van der Waals surface area contributed by atoms with Crippen LogP contribution in [0.5, 0.6) is 5.75 Å². The lowest BCUT2D eigenvalue weighted by Crippen LogP contribution is -2.46. The van der Waals surface area contributed by atoms with Crippen molar-refractivity contribution in [2.24, 2.45) is 0 Å². The molecule has 0 bridgehead atoms. The SMILES string of the molecule is COc1cc(C)c(-c2nc(NC(=O)C3CN(C)CCO3)sc2C)cc1C. The minimum Gasteiger partial charge on any atom is -0.496 e. The molecule has 1 unspecified atom stereocenters. The number of rotatable bonds is 4. The summed E-state index contributed by atoms with van der Waals surface area (Å²) in [5.41, 5.74) is 4.11. The number of likely N-dealkylation sites (N-methyl/N-ethyl adjacent to an activating group) is 1. The van der Waals surface area contributed by atoms with Gasteiger partial charge in [-0.2, -0.15) is 0 Å². The number of hydrogen-bond donors (Lipinski definition) is 1. The number of aromatic nitrogens is 1. The largest absolute Gasteiger partial charge is 0.496 e. The first kappa shape index (κ1) is 18.8.